The molecule has 0 saturated heterocycles. The highest BCUT2D eigenvalue weighted by atomic mass is 15.5. The number of benzene rings is 1. The number of nitrogens with one attached hydrogen (secondary N) is 1. The van der Waals surface area contributed by atoms with Crippen molar-refractivity contribution in [1.82, 2.24) is 30.0 Å². The van der Waals surface area contributed by atoms with Crippen LogP contribution in [0.25, 0.3) is 5.69 Å². The number of tetrazole rings is 1. The predicted octanol–water partition coefficient (Wildman–Crippen LogP) is 1.57. The Morgan fingerprint density at radius 3 is 2.85 bits per heavy atom. The maximum Gasteiger partial charge on any atom is 0.148 e. The van der Waals surface area contributed by atoms with E-state index in [1.54, 1.807) is 15.7 Å². The van der Waals surface area contributed by atoms with Crippen molar-refractivity contribution in [1.29, 1.82) is 0 Å². The maximum absolute atomic E-state index is 4.32. The van der Waals surface area contributed by atoms with Crippen molar-refractivity contribution in [2.45, 2.75) is 13.0 Å². The SMILES string of the molecule is CC(Nc1ccn(C)n1)c1cccc(-n2cnnn2)c1. The Labute approximate surface area is 116 Å². The van der Waals surface area contributed by atoms with Crippen molar-refractivity contribution in [3.8, 4) is 5.69 Å². The van der Waals surface area contributed by atoms with Crippen LogP contribution >= 0.6 is 0 Å². The molecule has 0 aliphatic carbocycles. The smallest absolute Gasteiger partial charge is 0.148 e. The fourth-order valence-corrected chi connectivity index (χ4v) is 2.01. The summed E-state index contributed by atoms with van der Waals surface area (Å²) in [6.45, 7) is 2.09. The molecule has 1 unspecified atom stereocenters. The van der Waals surface area contributed by atoms with Gasteiger partial charge in [-0.05, 0) is 35.0 Å². The Morgan fingerprint density at radius 2 is 2.15 bits per heavy atom. The first-order valence-corrected chi connectivity index (χ1v) is 6.32. The van der Waals surface area contributed by atoms with Crippen LogP contribution in [0.3, 0.4) is 0 Å². The molecule has 0 bridgehead atoms. The van der Waals surface area contributed by atoms with E-state index in [1.807, 2.05) is 31.4 Å². The lowest BCUT2D eigenvalue weighted by molar-refractivity contribution is 0.759. The van der Waals surface area contributed by atoms with Gasteiger partial charge in [0.25, 0.3) is 0 Å². The van der Waals surface area contributed by atoms with Gasteiger partial charge in [-0.1, -0.05) is 12.1 Å². The summed E-state index contributed by atoms with van der Waals surface area (Å²) in [6.07, 6.45) is 3.49. The third kappa shape index (κ3) is 2.51. The predicted molar refractivity (Wildman–Crippen MR) is 74.4 cm³/mol. The average molecular weight is 269 g/mol. The van der Waals surface area contributed by atoms with Gasteiger partial charge in [0, 0.05) is 19.3 Å². The van der Waals surface area contributed by atoms with Gasteiger partial charge in [0.2, 0.25) is 0 Å². The summed E-state index contributed by atoms with van der Waals surface area (Å²) in [4.78, 5) is 0. The van der Waals surface area contributed by atoms with E-state index >= 15 is 0 Å². The fraction of sp³-hybridized carbons (Fsp3) is 0.231. The lowest BCUT2D eigenvalue weighted by Gasteiger charge is -2.14. The van der Waals surface area contributed by atoms with Crippen LogP contribution < -0.4 is 5.32 Å². The van der Waals surface area contributed by atoms with Crippen molar-refractivity contribution in [3.05, 3.63) is 48.4 Å². The molecule has 0 aliphatic heterocycles. The van der Waals surface area contributed by atoms with Crippen LogP contribution in [0.4, 0.5) is 5.82 Å². The summed E-state index contributed by atoms with van der Waals surface area (Å²) in [5, 5.41) is 18.9. The van der Waals surface area contributed by atoms with Gasteiger partial charge < -0.3 is 5.32 Å². The zero-order valence-corrected chi connectivity index (χ0v) is 11.3. The standard InChI is InChI=1S/C13H15N7/c1-10(15-13-6-7-19(2)16-13)11-4-3-5-12(8-11)20-9-14-17-18-20/h3-10H,1-2H3,(H,15,16). The molecular formula is C13H15N7. The minimum atomic E-state index is 0.140. The second kappa shape index (κ2) is 5.12. The van der Waals surface area contributed by atoms with Crippen LogP contribution in [-0.2, 0) is 7.05 Å². The normalized spacial score (nSPS) is 12.3. The molecule has 1 N–H and O–H groups in total. The van der Waals surface area contributed by atoms with Crippen molar-refractivity contribution >= 4 is 5.82 Å². The zero-order valence-electron chi connectivity index (χ0n) is 11.3. The van der Waals surface area contributed by atoms with E-state index in [1.165, 1.54) is 0 Å². The molecule has 0 amide bonds. The maximum atomic E-state index is 4.32. The van der Waals surface area contributed by atoms with Crippen LogP contribution in [0.5, 0.6) is 0 Å². The van der Waals surface area contributed by atoms with Crippen LogP contribution in [0.2, 0.25) is 0 Å². The Balaban J connectivity index is 1.81. The van der Waals surface area contributed by atoms with E-state index in [9.17, 15) is 0 Å². The average Bonchev–Trinajstić information content (AvgIpc) is 3.11. The van der Waals surface area contributed by atoms with Crippen LogP contribution in [0, 0.1) is 0 Å². The number of hydrogen-bond acceptors (Lipinski definition) is 5. The Hall–Kier alpha value is -2.70. The highest BCUT2D eigenvalue weighted by Crippen LogP contribution is 2.19. The molecule has 2 aromatic heterocycles. The Bertz CT molecular complexity index is 686. The molecule has 1 aromatic carbocycles. The topological polar surface area (TPSA) is 73.5 Å². The number of rotatable bonds is 4. The largest absolute Gasteiger partial charge is 0.362 e. The number of hydrogen-bond donors (Lipinski definition) is 1. The van der Waals surface area contributed by atoms with Crippen molar-refractivity contribution in [2.24, 2.45) is 7.05 Å². The summed E-state index contributed by atoms with van der Waals surface area (Å²) in [5.74, 6) is 0.854. The molecule has 1 atom stereocenters. The van der Waals surface area contributed by atoms with E-state index < -0.39 is 0 Å². The molecule has 102 valence electrons. The molecule has 7 nitrogen and oxygen atoms in total. The second-order valence-electron chi connectivity index (χ2n) is 4.59. The third-order valence-corrected chi connectivity index (χ3v) is 3.06. The first-order valence-electron chi connectivity index (χ1n) is 6.32. The monoisotopic (exact) mass is 269 g/mol. The van der Waals surface area contributed by atoms with E-state index in [2.05, 4.69) is 45.0 Å². The third-order valence-electron chi connectivity index (χ3n) is 3.06. The molecule has 0 aliphatic rings. The fourth-order valence-electron chi connectivity index (χ4n) is 2.01. The summed E-state index contributed by atoms with van der Waals surface area (Å²) >= 11 is 0. The van der Waals surface area contributed by atoms with Crippen LogP contribution in [0.1, 0.15) is 18.5 Å². The molecule has 0 fully saturated rings. The summed E-state index contributed by atoms with van der Waals surface area (Å²) in [7, 11) is 1.90. The molecule has 7 heteroatoms. The van der Waals surface area contributed by atoms with Gasteiger partial charge in [-0.2, -0.15) is 5.10 Å². The first kappa shape index (κ1) is 12.3. The summed E-state index contributed by atoms with van der Waals surface area (Å²) in [6, 6.07) is 10.2. The van der Waals surface area contributed by atoms with Gasteiger partial charge in [-0.3, -0.25) is 4.68 Å². The molecule has 0 saturated carbocycles. The lowest BCUT2D eigenvalue weighted by atomic mass is 10.1. The van der Waals surface area contributed by atoms with E-state index in [0.29, 0.717) is 0 Å². The van der Waals surface area contributed by atoms with Gasteiger partial charge in [-0.15, -0.1) is 5.10 Å². The lowest BCUT2D eigenvalue weighted by Crippen LogP contribution is -2.08. The molecule has 20 heavy (non-hydrogen) atoms. The van der Waals surface area contributed by atoms with Crippen LogP contribution in [0.15, 0.2) is 42.9 Å². The second-order valence-corrected chi connectivity index (χ2v) is 4.59. The number of nitrogens with zero attached hydrogens (tertiary/aromatic N) is 6. The van der Waals surface area contributed by atoms with Crippen molar-refractivity contribution in [2.75, 3.05) is 5.32 Å². The number of aromatic nitrogens is 6. The van der Waals surface area contributed by atoms with E-state index in [4.69, 9.17) is 0 Å². The minimum Gasteiger partial charge on any atom is -0.362 e. The van der Waals surface area contributed by atoms with E-state index in [0.717, 1.165) is 17.1 Å². The van der Waals surface area contributed by atoms with Crippen molar-refractivity contribution in [3.63, 3.8) is 0 Å². The summed E-state index contributed by atoms with van der Waals surface area (Å²) < 4.78 is 3.41. The number of aryl methyl sites for hydroxylation is 1. The highest BCUT2D eigenvalue weighted by molar-refractivity contribution is 5.41. The van der Waals surface area contributed by atoms with Gasteiger partial charge in [0.05, 0.1) is 11.7 Å². The van der Waals surface area contributed by atoms with Gasteiger partial charge in [0.1, 0.15) is 12.1 Å². The molecule has 0 radical (unpaired) electrons. The summed E-state index contributed by atoms with van der Waals surface area (Å²) in [5.41, 5.74) is 2.07. The Morgan fingerprint density at radius 1 is 1.25 bits per heavy atom. The molecule has 3 rings (SSSR count). The zero-order chi connectivity index (χ0) is 13.9. The molecule has 2 heterocycles. The minimum absolute atomic E-state index is 0.140. The first-order chi connectivity index (χ1) is 9.72. The highest BCUT2D eigenvalue weighted by Gasteiger charge is 2.08. The van der Waals surface area contributed by atoms with E-state index in [-0.39, 0.29) is 6.04 Å². The Kier molecular flexibility index (Phi) is 3.16. The molecule has 3 aromatic rings. The number of anilines is 1. The quantitative estimate of drug-likeness (QED) is 0.778. The van der Waals surface area contributed by atoms with Gasteiger partial charge in [-0.25, -0.2) is 4.68 Å². The van der Waals surface area contributed by atoms with Gasteiger partial charge in [0.15, 0.2) is 0 Å². The van der Waals surface area contributed by atoms with Crippen molar-refractivity contribution < 1.29 is 0 Å². The molecule has 0 spiro atoms. The molecular weight excluding hydrogens is 254 g/mol. The van der Waals surface area contributed by atoms with Gasteiger partial charge >= 0.3 is 0 Å². The van der Waals surface area contributed by atoms with Crippen LogP contribution in [-0.4, -0.2) is 30.0 Å².